The van der Waals surface area contributed by atoms with Crippen molar-refractivity contribution >= 4 is 17.7 Å². The molecule has 2 N–H and O–H groups in total. The third-order valence-corrected chi connectivity index (χ3v) is 5.90. The number of hydrogen-bond acceptors (Lipinski definition) is 4. The lowest BCUT2D eigenvalue weighted by molar-refractivity contribution is -0.139. The number of hydrogen-bond donors (Lipinski definition) is 2. The monoisotopic (exact) mass is 422 g/mol. The minimum absolute atomic E-state index is 0.0425. The maximum atomic E-state index is 13.4. The lowest BCUT2D eigenvalue weighted by Crippen LogP contribution is -2.57. The molecule has 3 amide bonds. The predicted molar refractivity (Wildman–Crippen MR) is 121 cm³/mol. The molecule has 0 aliphatic carbocycles. The summed E-state index contributed by atoms with van der Waals surface area (Å²) in [4.78, 5) is 42.2. The summed E-state index contributed by atoms with van der Waals surface area (Å²) >= 11 is 0. The first-order valence-electron chi connectivity index (χ1n) is 11.2. The van der Waals surface area contributed by atoms with Crippen LogP contribution in [-0.4, -0.2) is 72.8 Å². The van der Waals surface area contributed by atoms with Crippen LogP contribution in [0, 0.1) is 11.8 Å². The molecule has 30 heavy (non-hydrogen) atoms. The van der Waals surface area contributed by atoms with E-state index in [1.165, 1.54) is 0 Å². The average molecular weight is 423 g/mol. The van der Waals surface area contributed by atoms with Crippen molar-refractivity contribution in [3.63, 3.8) is 0 Å². The predicted octanol–water partition coefficient (Wildman–Crippen LogP) is 2.18. The third kappa shape index (κ3) is 7.11. The van der Waals surface area contributed by atoms with Gasteiger partial charge in [0.15, 0.2) is 0 Å². The molecular weight excluding hydrogens is 380 g/mol. The lowest BCUT2D eigenvalue weighted by Gasteiger charge is -2.36. The number of carbonyl (C=O) groups is 3. The molecule has 0 aromatic carbocycles. The van der Waals surface area contributed by atoms with Crippen LogP contribution in [0.4, 0.5) is 0 Å². The number of carbonyl (C=O) groups excluding carboxylic acids is 3. The quantitative estimate of drug-likeness (QED) is 0.558. The van der Waals surface area contributed by atoms with E-state index in [1.807, 2.05) is 47.7 Å². The number of likely N-dealkylation sites (tertiary alicyclic amines) is 1. The number of rotatable bonds is 9. The summed E-state index contributed by atoms with van der Waals surface area (Å²) in [5.74, 6) is -0.253. The Balaban J connectivity index is 3.00. The Labute approximate surface area is 182 Å². The minimum Gasteiger partial charge on any atom is -0.353 e. The maximum Gasteiger partial charge on any atom is 0.246 e. The zero-order valence-electron chi connectivity index (χ0n) is 20.1. The minimum atomic E-state index is -0.600. The van der Waals surface area contributed by atoms with Gasteiger partial charge in [0.2, 0.25) is 17.7 Å². The van der Waals surface area contributed by atoms with Crippen LogP contribution in [0.25, 0.3) is 0 Å². The van der Waals surface area contributed by atoms with E-state index in [9.17, 15) is 14.4 Å². The Bertz CT molecular complexity index is 630. The van der Waals surface area contributed by atoms with Crippen LogP contribution in [-0.2, 0) is 14.4 Å². The van der Waals surface area contributed by atoms with Crippen LogP contribution in [0.15, 0.2) is 11.6 Å². The van der Waals surface area contributed by atoms with Gasteiger partial charge in [-0.2, -0.15) is 0 Å². The van der Waals surface area contributed by atoms with Gasteiger partial charge in [0, 0.05) is 19.2 Å². The molecule has 0 radical (unpaired) electrons. The van der Waals surface area contributed by atoms with E-state index >= 15 is 0 Å². The van der Waals surface area contributed by atoms with Crippen molar-refractivity contribution in [1.29, 1.82) is 0 Å². The van der Waals surface area contributed by atoms with Crippen molar-refractivity contribution in [2.75, 3.05) is 27.2 Å². The Morgan fingerprint density at radius 1 is 1.13 bits per heavy atom. The molecular formula is C23H42N4O3. The largest absolute Gasteiger partial charge is 0.353 e. The van der Waals surface area contributed by atoms with Gasteiger partial charge in [0.1, 0.15) is 6.04 Å². The highest BCUT2D eigenvalue weighted by Crippen LogP contribution is 2.19. The number of amides is 3. The van der Waals surface area contributed by atoms with Crippen LogP contribution in [0.2, 0.25) is 0 Å². The Morgan fingerprint density at radius 2 is 1.77 bits per heavy atom. The van der Waals surface area contributed by atoms with Gasteiger partial charge in [0.25, 0.3) is 0 Å². The molecule has 1 saturated heterocycles. The van der Waals surface area contributed by atoms with Gasteiger partial charge in [-0.1, -0.05) is 40.2 Å². The van der Waals surface area contributed by atoms with Crippen molar-refractivity contribution in [2.45, 2.75) is 78.9 Å². The molecule has 0 saturated carbocycles. The van der Waals surface area contributed by atoms with Crippen molar-refractivity contribution in [1.82, 2.24) is 20.4 Å². The molecule has 2 unspecified atom stereocenters. The van der Waals surface area contributed by atoms with Crippen LogP contribution >= 0.6 is 0 Å². The van der Waals surface area contributed by atoms with E-state index in [4.69, 9.17) is 0 Å². The second-order valence-corrected chi connectivity index (χ2v) is 9.12. The summed E-state index contributed by atoms with van der Waals surface area (Å²) in [7, 11) is 3.72. The third-order valence-electron chi connectivity index (χ3n) is 5.90. The zero-order valence-corrected chi connectivity index (χ0v) is 20.1. The topological polar surface area (TPSA) is 81.8 Å². The van der Waals surface area contributed by atoms with Crippen molar-refractivity contribution in [3.8, 4) is 0 Å². The van der Waals surface area contributed by atoms with Crippen molar-refractivity contribution in [2.24, 2.45) is 11.8 Å². The van der Waals surface area contributed by atoms with Gasteiger partial charge in [-0.25, -0.2) is 0 Å². The Hall–Kier alpha value is -1.89. The molecule has 3 atom stereocenters. The Kier molecular flexibility index (Phi) is 10.5. The van der Waals surface area contributed by atoms with Gasteiger partial charge >= 0.3 is 0 Å². The molecule has 1 rings (SSSR count). The zero-order chi connectivity index (χ0) is 23.0. The molecule has 7 nitrogen and oxygen atoms in total. The average Bonchev–Trinajstić information content (AvgIpc) is 2.68. The van der Waals surface area contributed by atoms with Crippen LogP contribution in [0.5, 0.6) is 0 Å². The van der Waals surface area contributed by atoms with Gasteiger partial charge in [-0.05, 0) is 52.1 Å². The standard InChI is InChI=1S/C23H42N4O3/c1-9-24-21(28)17(6)14-19(15(2)3)27(8)23(30)20(16(4)5)25-22(29)18-12-10-11-13-26(18)7/h14-16,18-20H,9-13H2,1-8H3,(H,24,28)(H,25,29)/b17-14+/t18?,19-,20?/m1/s1. The number of nitrogens with one attached hydrogen (secondary N) is 2. The highest BCUT2D eigenvalue weighted by atomic mass is 16.2. The van der Waals surface area contributed by atoms with E-state index in [1.54, 1.807) is 18.9 Å². The second-order valence-electron chi connectivity index (χ2n) is 9.12. The fraction of sp³-hybridized carbons (Fsp3) is 0.783. The molecule has 1 aliphatic rings. The fourth-order valence-corrected chi connectivity index (χ4v) is 3.92. The van der Waals surface area contributed by atoms with Crippen LogP contribution < -0.4 is 10.6 Å². The fourth-order valence-electron chi connectivity index (χ4n) is 3.92. The number of nitrogens with zero attached hydrogens (tertiary/aromatic N) is 2. The van der Waals surface area contributed by atoms with E-state index in [0.29, 0.717) is 12.1 Å². The van der Waals surface area contributed by atoms with Gasteiger partial charge < -0.3 is 15.5 Å². The van der Waals surface area contributed by atoms with Crippen LogP contribution in [0.1, 0.15) is 60.8 Å². The normalized spacial score (nSPS) is 20.1. The lowest BCUT2D eigenvalue weighted by atomic mass is 9.96. The summed E-state index contributed by atoms with van der Waals surface area (Å²) < 4.78 is 0. The number of piperidine rings is 1. The van der Waals surface area contributed by atoms with Crippen molar-refractivity contribution < 1.29 is 14.4 Å². The first-order valence-corrected chi connectivity index (χ1v) is 11.2. The van der Waals surface area contributed by atoms with E-state index in [0.717, 1.165) is 25.8 Å². The summed E-state index contributed by atoms with van der Waals surface area (Å²) in [5, 5.41) is 5.81. The molecule has 0 aromatic rings. The Morgan fingerprint density at radius 3 is 2.27 bits per heavy atom. The molecule has 1 aliphatic heterocycles. The van der Waals surface area contributed by atoms with E-state index < -0.39 is 6.04 Å². The molecule has 0 bridgehead atoms. The van der Waals surface area contributed by atoms with Gasteiger partial charge in [-0.15, -0.1) is 0 Å². The SMILES string of the molecule is CCNC(=O)/C(C)=C/[C@H](C(C)C)N(C)C(=O)C(NC(=O)C1CCCCN1C)C(C)C. The summed E-state index contributed by atoms with van der Waals surface area (Å²) in [6, 6.07) is -1.02. The molecule has 172 valence electrons. The smallest absolute Gasteiger partial charge is 0.246 e. The second kappa shape index (κ2) is 12.1. The van der Waals surface area contributed by atoms with Crippen LogP contribution in [0.3, 0.4) is 0 Å². The first-order chi connectivity index (χ1) is 14.0. The maximum absolute atomic E-state index is 13.4. The molecule has 1 heterocycles. The van der Waals surface area contributed by atoms with E-state index in [-0.39, 0.29) is 41.6 Å². The highest BCUT2D eigenvalue weighted by molar-refractivity contribution is 5.93. The van der Waals surface area contributed by atoms with Gasteiger partial charge in [0.05, 0.1) is 12.1 Å². The first kappa shape index (κ1) is 26.1. The van der Waals surface area contributed by atoms with Gasteiger partial charge in [-0.3, -0.25) is 19.3 Å². The highest BCUT2D eigenvalue weighted by Gasteiger charge is 2.34. The summed E-state index contributed by atoms with van der Waals surface area (Å²) in [6.45, 7) is 13.0. The number of likely N-dealkylation sites (N-methyl/N-ethyl adjacent to an activating group) is 3. The van der Waals surface area contributed by atoms with Crippen molar-refractivity contribution in [3.05, 3.63) is 11.6 Å². The summed E-state index contributed by atoms with van der Waals surface area (Å²) in [5.41, 5.74) is 0.587. The molecule has 7 heteroatoms. The summed E-state index contributed by atoms with van der Waals surface area (Å²) in [6.07, 6.45) is 4.80. The molecule has 1 fully saturated rings. The molecule has 0 spiro atoms. The van der Waals surface area contributed by atoms with E-state index in [2.05, 4.69) is 15.5 Å². The molecule has 0 aromatic heterocycles.